The summed E-state index contributed by atoms with van der Waals surface area (Å²) in [6, 6.07) is 15.0. The van der Waals surface area contributed by atoms with Gasteiger partial charge >= 0.3 is 0 Å². The SMILES string of the molecule is COc1ccc(-c2nc(C)c(CCNC(=O)c3cccc(OC)c3)s2)cc1. The number of ether oxygens (including phenoxy) is 2. The zero-order valence-corrected chi connectivity index (χ0v) is 16.4. The van der Waals surface area contributed by atoms with E-state index in [4.69, 9.17) is 9.47 Å². The van der Waals surface area contributed by atoms with Gasteiger partial charge in [0, 0.05) is 29.0 Å². The van der Waals surface area contributed by atoms with Crippen LogP contribution in [0.1, 0.15) is 20.9 Å². The molecule has 1 N–H and O–H groups in total. The average molecular weight is 382 g/mol. The van der Waals surface area contributed by atoms with Crippen LogP contribution in [0.25, 0.3) is 10.6 Å². The van der Waals surface area contributed by atoms with Gasteiger partial charge in [-0.15, -0.1) is 11.3 Å². The van der Waals surface area contributed by atoms with Gasteiger partial charge in [0.15, 0.2) is 0 Å². The van der Waals surface area contributed by atoms with Crippen molar-refractivity contribution in [3.05, 3.63) is 64.7 Å². The lowest BCUT2D eigenvalue weighted by atomic mass is 10.2. The number of carbonyl (C=O) groups excluding carboxylic acids is 1. The molecule has 3 aromatic rings. The lowest BCUT2D eigenvalue weighted by molar-refractivity contribution is 0.0954. The zero-order chi connectivity index (χ0) is 19.2. The number of rotatable bonds is 7. The van der Waals surface area contributed by atoms with E-state index >= 15 is 0 Å². The Morgan fingerprint density at radius 3 is 2.52 bits per heavy atom. The molecule has 0 atom stereocenters. The number of hydrogen-bond acceptors (Lipinski definition) is 5. The largest absolute Gasteiger partial charge is 0.497 e. The van der Waals surface area contributed by atoms with Gasteiger partial charge in [0.2, 0.25) is 0 Å². The van der Waals surface area contributed by atoms with Gasteiger partial charge in [0.1, 0.15) is 16.5 Å². The fraction of sp³-hybridized carbons (Fsp3) is 0.238. The molecule has 0 unspecified atom stereocenters. The van der Waals surface area contributed by atoms with E-state index in [-0.39, 0.29) is 5.91 Å². The molecule has 0 aliphatic carbocycles. The summed E-state index contributed by atoms with van der Waals surface area (Å²) in [4.78, 5) is 18.1. The number of thiazole rings is 1. The Kier molecular flexibility index (Phi) is 6.08. The van der Waals surface area contributed by atoms with Gasteiger partial charge in [-0.05, 0) is 49.4 Å². The standard InChI is InChI=1S/C21H22N2O3S/c1-14-19(27-21(23-14)15-7-9-17(25-2)10-8-15)11-12-22-20(24)16-5-4-6-18(13-16)26-3/h4-10,13H,11-12H2,1-3H3,(H,22,24). The van der Waals surface area contributed by atoms with Gasteiger partial charge in [-0.1, -0.05) is 6.07 Å². The second kappa shape index (κ2) is 8.68. The lowest BCUT2D eigenvalue weighted by Crippen LogP contribution is -2.25. The quantitative estimate of drug-likeness (QED) is 0.668. The predicted molar refractivity (Wildman–Crippen MR) is 108 cm³/mol. The summed E-state index contributed by atoms with van der Waals surface area (Å²) in [7, 11) is 3.24. The summed E-state index contributed by atoms with van der Waals surface area (Å²) < 4.78 is 10.4. The van der Waals surface area contributed by atoms with Crippen molar-refractivity contribution in [1.29, 1.82) is 0 Å². The van der Waals surface area contributed by atoms with Crippen molar-refractivity contribution in [3.63, 3.8) is 0 Å². The molecular weight excluding hydrogens is 360 g/mol. The third kappa shape index (κ3) is 4.65. The number of nitrogens with one attached hydrogen (secondary N) is 1. The van der Waals surface area contributed by atoms with E-state index in [0.29, 0.717) is 17.9 Å². The van der Waals surface area contributed by atoms with Crippen molar-refractivity contribution >= 4 is 17.2 Å². The Labute approximate surface area is 163 Å². The molecule has 3 rings (SSSR count). The fourth-order valence-corrected chi connectivity index (χ4v) is 3.74. The molecule has 1 amide bonds. The number of nitrogens with zero attached hydrogens (tertiary/aromatic N) is 1. The normalized spacial score (nSPS) is 10.5. The molecule has 27 heavy (non-hydrogen) atoms. The van der Waals surface area contributed by atoms with Crippen molar-refractivity contribution in [3.8, 4) is 22.1 Å². The topological polar surface area (TPSA) is 60.5 Å². The summed E-state index contributed by atoms with van der Waals surface area (Å²) in [5.41, 5.74) is 2.66. The molecule has 2 aromatic carbocycles. The highest BCUT2D eigenvalue weighted by atomic mass is 32.1. The molecule has 0 bridgehead atoms. The third-order valence-electron chi connectivity index (χ3n) is 4.20. The van der Waals surface area contributed by atoms with E-state index in [9.17, 15) is 4.79 Å². The molecule has 0 fully saturated rings. The van der Waals surface area contributed by atoms with Gasteiger partial charge in [-0.3, -0.25) is 4.79 Å². The molecule has 0 spiro atoms. The highest BCUT2D eigenvalue weighted by molar-refractivity contribution is 7.15. The zero-order valence-electron chi connectivity index (χ0n) is 15.6. The minimum atomic E-state index is -0.105. The third-order valence-corrected chi connectivity index (χ3v) is 5.47. The van der Waals surface area contributed by atoms with Gasteiger partial charge < -0.3 is 14.8 Å². The van der Waals surface area contributed by atoms with Crippen molar-refractivity contribution in [2.24, 2.45) is 0 Å². The van der Waals surface area contributed by atoms with Crippen LogP contribution in [0.15, 0.2) is 48.5 Å². The van der Waals surface area contributed by atoms with E-state index in [1.54, 1.807) is 37.7 Å². The number of aromatic nitrogens is 1. The second-order valence-electron chi connectivity index (χ2n) is 5.99. The molecule has 0 saturated carbocycles. The van der Waals surface area contributed by atoms with E-state index in [2.05, 4.69) is 10.3 Å². The maximum atomic E-state index is 12.3. The Bertz CT molecular complexity index is 919. The Balaban J connectivity index is 1.61. The van der Waals surface area contributed by atoms with Crippen LogP contribution in [0.5, 0.6) is 11.5 Å². The van der Waals surface area contributed by atoms with Crippen molar-refractivity contribution < 1.29 is 14.3 Å². The van der Waals surface area contributed by atoms with Crippen LogP contribution in [0.4, 0.5) is 0 Å². The Hall–Kier alpha value is -2.86. The first kappa shape index (κ1) is 18.9. The first-order valence-corrected chi connectivity index (χ1v) is 9.45. The fourth-order valence-electron chi connectivity index (χ4n) is 2.67. The molecule has 0 aliphatic heterocycles. The summed E-state index contributed by atoms with van der Waals surface area (Å²) in [6.07, 6.45) is 0.745. The maximum absolute atomic E-state index is 12.3. The van der Waals surface area contributed by atoms with E-state index in [1.807, 2.05) is 43.3 Å². The monoisotopic (exact) mass is 382 g/mol. The minimum Gasteiger partial charge on any atom is -0.497 e. The van der Waals surface area contributed by atoms with Crippen molar-refractivity contribution in [1.82, 2.24) is 10.3 Å². The predicted octanol–water partition coefficient (Wildman–Crippen LogP) is 4.11. The van der Waals surface area contributed by atoms with Crippen LogP contribution in [0, 0.1) is 6.92 Å². The van der Waals surface area contributed by atoms with Crippen LogP contribution in [0.3, 0.4) is 0 Å². The minimum absolute atomic E-state index is 0.105. The molecule has 5 nitrogen and oxygen atoms in total. The van der Waals surface area contributed by atoms with Crippen LogP contribution in [-0.4, -0.2) is 31.7 Å². The molecule has 1 heterocycles. The highest BCUT2D eigenvalue weighted by Gasteiger charge is 2.11. The van der Waals surface area contributed by atoms with Crippen LogP contribution >= 0.6 is 11.3 Å². The smallest absolute Gasteiger partial charge is 0.251 e. The lowest BCUT2D eigenvalue weighted by Gasteiger charge is -2.06. The summed E-state index contributed by atoms with van der Waals surface area (Å²) in [5.74, 6) is 1.39. The van der Waals surface area contributed by atoms with Crippen LogP contribution < -0.4 is 14.8 Å². The van der Waals surface area contributed by atoms with Crippen molar-refractivity contribution in [2.75, 3.05) is 20.8 Å². The maximum Gasteiger partial charge on any atom is 0.251 e. The number of benzene rings is 2. The van der Waals surface area contributed by atoms with Gasteiger partial charge in [0.05, 0.1) is 19.9 Å². The van der Waals surface area contributed by atoms with Crippen molar-refractivity contribution in [2.45, 2.75) is 13.3 Å². The summed E-state index contributed by atoms with van der Waals surface area (Å²) in [5, 5.41) is 3.93. The molecule has 0 saturated heterocycles. The number of hydrogen-bond donors (Lipinski definition) is 1. The Morgan fingerprint density at radius 2 is 1.81 bits per heavy atom. The van der Waals surface area contributed by atoms with E-state index in [0.717, 1.165) is 28.4 Å². The second-order valence-corrected chi connectivity index (χ2v) is 7.08. The number of carbonyl (C=O) groups is 1. The number of aryl methyl sites for hydroxylation is 1. The summed E-state index contributed by atoms with van der Waals surface area (Å²) in [6.45, 7) is 2.56. The molecule has 1 aromatic heterocycles. The highest BCUT2D eigenvalue weighted by Crippen LogP contribution is 2.29. The first-order valence-electron chi connectivity index (χ1n) is 8.63. The molecular formula is C21H22N2O3S. The average Bonchev–Trinajstić information content (AvgIpc) is 3.08. The van der Waals surface area contributed by atoms with E-state index < -0.39 is 0 Å². The molecule has 140 valence electrons. The van der Waals surface area contributed by atoms with Crippen LogP contribution in [0.2, 0.25) is 0 Å². The van der Waals surface area contributed by atoms with Gasteiger partial charge in [-0.2, -0.15) is 0 Å². The van der Waals surface area contributed by atoms with Crippen LogP contribution in [-0.2, 0) is 6.42 Å². The van der Waals surface area contributed by atoms with Gasteiger partial charge in [-0.25, -0.2) is 4.98 Å². The number of methoxy groups -OCH3 is 2. The number of amides is 1. The summed E-state index contributed by atoms with van der Waals surface area (Å²) >= 11 is 1.66. The molecule has 0 radical (unpaired) electrons. The van der Waals surface area contributed by atoms with E-state index in [1.165, 1.54) is 4.88 Å². The first-order chi connectivity index (χ1) is 13.1. The molecule has 0 aliphatic rings. The molecule has 6 heteroatoms. The van der Waals surface area contributed by atoms with Gasteiger partial charge in [0.25, 0.3) is 5.91 Å². The Morgan fingerprint density at radius 1 is 1.07 bits per heavy atom.